The summed E-state index contributed by atoms with van der Waals surface area (Å²) >= 11 is 6.21. The largest absolute Gasteiger partial charge is 0.375 e. The van der Waals surface area contributed by atoms with Crippen molar-refractivity contribution in [2.24, 2.45) is 11.7 Å². The molecule has 2 atom stereocenters. The fourth-order valence-corrected chi connectivity index (χ4v) is 3.71. The van der Waals surface area contributed by atoms with Crippen LogP contribution >= 0.6 is 11.6 Å². The lowest BCUT2D eigenvalue weighted by molar-refractivity contribution is -0.146. The number of halogens is 1. The van der Waals surface area contributed by atoms with Gasteiger partial charge < -0.3 is 10.5 Å². The molecule has 3 rings (SSSR count). The Kier molecular flexibility index (Phi) is 3.59. The molecule has 1 aliphatic carbocycles. The van der Waals surface area contributed by atoms with Gasteiger partial charge in [0, 0.05) is 17.7 Å². The second-order valence-electron chi connectivity index (χ2n) is 6.12. The van der Waals surface area contributed by atoms with Crippen molar-refractivity contribution in [2.75, 3.05) is 6.61 Å². The van der Waals surface area contributed by atoms with Crippen LogP contribution in [0.25, 0.3) is 0 Å². The van der Waals surface area contributed by atoms with E-state index in [4.69, 9.17) is 22.1 Å². The fourth-order valence-electron chi connectivity index (χ4n) is 3.53. The van der Waals surface area contributed by atoms with Crippen molar-refractivity contribution in [3.8, 4) is 0 Å². The minimum absolute atomic E-state index is 0.0834. The average Bonchev–Trinajstić information content (AvgIpc) is 2.39. The van der Waals surface area contributed by atoms with Crippen LogP contribution in [0.5, 0.6) is 0 Å². The summed E-state index contributed by atoms with van der Waals surface area (Å²) in [7, 11) is 0. The minimum atomic E-state index is 0.0834. The van der Waals surface area contributed by atoms with Gasteiger partial charge in [-0.1, -0.05) is 23.7 Å². The van der Waals surface area contributed by atoms with E-state index in [2.05, 4.69) is 13.0 Å². The number of ether oxygens (including phenoxy) is 1. The molecule has 1 heterocycles. The van der Waals surface area contributed by atoms with Crippen LogP contribution in [0.4, 0.5) is 0 Å². The molecular formula is C16H22ClNO. The SMILES string of the molecule is Cc1c(Cl)cccc1C(N)C1CCOC2(CCC2)C1. The standard InChI is InChI=1S/C16H22ClNO/c1-11-13(4-2-5-14(11)17)15(18)12-6-9-19-16(10-12)7-3-8-16/h2,4-5,12,15H,3,6-10,18H2,1H3. The Morgan fingerprint density at radius 1 is 1.42 bits per heavy atom. The molecule has 1 aromatic carbocycles. The van der Waals surface area contributed by atoms with Crippen molar-refractivity contribution < 1.29 is 4.74 Å². The Hall–Kier alpha value is -0.570. The molecule has 2 aliphatic rings. The zero-order chi connectivity index (χ0) is 13.5. The molecule has 1 spiro atoms. The van der Waals surface area contributed by atoms with Crippen LogP contribution in [0.1, 0.15) is 49.3 Å². The number of hydrogen-bond acceptors (Lipinski definition) is 2. The zero-order valence-electron chi connectivity index (χ0n) is 11.5. The van der Waals surface area contributed by atoms with Crippen LogP contribution in [0.15, 0.2) is 18.2 Å². The normalized spacial score (nSPS) is 27.0. The molecule has 1 saturated heterocycles. The van der Waals surface area contributed by atoms with Gasteiger partial charge in [0.15, 0.2) is 0 Å². The van der Waals surface area contributed by atoms with Gasteiger partial charge in [-0.05, 0) is 62.1 Å². The van der Waals surface area contributed by atoms with E-state index in [-0.39, 0.29) is 11.6 Å². The summed E-state index contributed by atoms with van der Waals surface area (Å²) in [6.45, 7) is 2.92. The third-order valence-electron chi connectivity index (χ3n) is 4.97. The first-order valence-corrected chi connectivity index (χ1v) is 7.64. The molecule has 0 bridgehead atoms. The Labute approximate surface area is 120 Å². The lowest BCUT2D eigenvalue weighted by Gasteiger charge is -2.48. The van der Waals surface area contributed by atoms with Crippen molar-refractivity contribution in [1.29, 1.82) is 0 Å². The van der Waals surface area contributed by atoms with E-state index in [1.807, 2.05) is 12.1 Å². The van der Waals surface area contributed by atoms with E-state index in [0.717, 1.165) is 30.0 Å². The predicted molar refractivity (Wildman–Crippen MR) is 78.4 cm³/mol. The molecular weight excluding hydrogens is 258 g/mol. The van der Waals surface area contributed by atoms with Gasteiger partial charge >= 0.3 is 0 Å². The lowest BCUT2D eigenvalue weighted by Crippen LogP contribution is -2.47. The maximum atomic E-state index is 6.53. The molecule has 1 aromatic rings. The molecule has 2 fully saturated rings. The second kappa shape index (κ2) is 5.08. The van der Waals surface area contributed by atoms with Gasteiger partial charge in [0.1, 0.15) is 0 Å². The van der Waals surface area contributed by atoms with Gasteiger partial charge in [-0.3, -0.25) is 0 Å². The van der Waals surface area contributed by atoms with Crippen molar-refractivity contribution in [1.82, 2.24) is 0 Å². The average molecular weight is 280 g/mol. The van der Waals surface area contributed by atoms with Crippen LogP contribution in [0.3, 0.4) is 0 Å². The molecule has 3 heteroatoms. The molecule has 0 radical (unpaired) electrons. The van der Waals surface area contributed by atoms with E-state index < -0.39 is 0 Å². The van der Waals surface area contributed by atoms with Crippen LogP contribution in [-0.4, -0.2) is 12.2 Å². The predicted octanol–water partition coefficient (Wildman–Crippen LogP) is 4.00. The summed E-state index contributed by atoms with van der Waals surface area (Å²) < 4.78 is 5.99. The molecule has 2 nitrogen and oxygen atoms in total. The fraction of sp³-hybridized carbons (Fsp3) is 0.625. The lowest BCUT2D eigenvalue weighted by atomic mass is 9.69. The molecule has 2 unspecified atom stereocenters. The highest BCUT2D eigenvalue weighted by Gasteiger charge is 2.44. The Balaban J connectivity index is 1.79. The Bertz CT molecular complexity index is 470. The second-order valence-corrected chi connectivity index (χ2v) is 6.52. The number of hydrogen-bond donors (Lipinski definition) is 1. The maximum Gasteiger partial charge on any atom is 0.0686 e. The monoisotopic (exact) mass is 279 g/mol. The first-order chi connectivity index (χ1) is 9.11. The Morgan fingerprint density at radius 3 is 2.89 bits per heavy atom. The van der Waals surface area contributed by atoms with Gasteiger partial charge in [-0.15, -0.1) is 0 Å². The summed E-state index contributed by atoms with van der Waals surface area (Å²) in [5.41, 5.74) is 9.02. The highest BCUT2D eigenvalue weighted by molar-refractivity contribution is 6.31. The molecule has 1 aliphatic heterocycles. The van der Waals surface area contributed by atoms with Crippen molar-refractivity contribution in [2.45, 2.75) is 50.7 Å². The summed E-state index contributed by atoms with van der Waals surface area (Å²) in [5.74, 6) is 0.520. The van der Waals surface area contributed by atoms with Crippen LogP contribution in [0, 0.1) is 12.8 Å². The van der Waals surface area contributed by atoms with Crippen molar-refractivity contribution in [3.05, 3.63) is 34.3 Å². The first-order valence-electron chi connectivity index (χ1n) is 7.26. The summed E-state index contributed by atoms with van der Waals surface area (Å²) in [4.78, 5) is 0. The van der Waals surface area contributed by atoms with E-state index in [9.17, 15) is 0 Å². The van der Waals surface area contributed by atoms with Crippen LogP contribution < -0.4 is 5.73 Å². The third-order valence-corrected chi connectivity index (χ3v) is 5.38. The molecule has 1 saturated carbocycles. The summed E-state index contributed by atoms with van der Waals surface area (Å²) in [6, 6.07) is 6.14. The number of nitrogens with two attached hydrogens (primary N) is 1. The molecule has 104 valence electrons. The van der Waals surface area contributed by atoms with E-state index in [1.54, 1.807) is 0 Å². The van der Waals surface area contributed by atoms with Gasteiger partial charge in [-0.2, -0.15) is 0 Å². The smallest absolute Gasteiger partial charge is 0.0686 e. The van der Waals surface area contributed by atoms with Gasteiger partial charge in [-0.25, -0.2) is 0 Å². The molecule has 0 aromatic heterocycles. The molecule has 2 N–H and O–H groups in total. The summed E-state index contributed by atoms with van der Waals surface area (Å²) in [5, 5.41) is 0.818. The van der Waals surface area contributed by atoms with Crippen LogP contribution in [0.2, 0.25) is 5.02 Å². The Morgan fingerprint density at radius 2 is 2.21 bits per heavy atom. The first kappa shape index (κ1) is 13.4. The topological polar surface area (TPSA) is 35.2 Å². The third kappa shape index (κ3) is 2.42. The zero-order valence-corrected chi connectivity index (χ0v) is 12.2. The van der Waals surface area contributed by atoms with E-state index in [0.29, 0.717) is 5.92 Å². The summed E-state index contributed by atoms with van der Waals surface area (Å²) in [6.07, 6.45) is 5.91. The van der Waals surface area contributed by atoms with Gasteiger partial charge in [0.25, 0.3) is 0 Å². The molecule has 19 heavy (non-hydrogen) atoms. The number of rotatable bonds is 2. The quantitative estimate of drug-likeness (QED) is 0.888. The molecule has 0 amide bonds. The van der Waals surface area contributed by atoms with Crippen molar-refractivity contribution >= 4 is 11.6 Å². The minimum Gasteiger partial charge on any atom is -0.375 e. The highest BCUT2D eigenvalue weighted by Crippen LogP contribution is 2.47. The van der Waals surface area contributed by atoms with Gasteiger partial charge in [0.05, 0.1) is 5.60 Å². The van der Waals surface area contributed by atoms with Gasteiger partial charge in [0.2, 0.25) is 0 Å². The maximum absolute atomic E-state index is 6.53. The van der Waals surface area contributed by atoms with E-state index in [1.165, 1.54) is 24.8 Å². The number of benzene rings is 1. The van der Waals surface area contributed by atoms with Crippen LogP contribution in [-0.2, 0) is 4.74 Å². The van der Waals surface area contributed by atoms with E-state index >= 15 is 0 Å². The highest BCUT2D eigenvalue weighted by atomic mass is 35.5. The van der Waals surface area contributed by atoms with Crippen molar-refractivity contribution in [3.63, 3.8) is 0 Å².